The molecular formula is C16H24N2O3. The summed E-state index contributed by atoms with van der Waals surface area (Å²) in [4.78, 5) is 16.7. The summed E-state index contributed by atoms with van der Waals surface area (Å²) >= 11 is 0. The average molecular weight is 292 g/mol. The van der Waals surface area contributed by atoms with Gasteiger partial charge in [-0.25, -0.2) is 0 Å². The largest absolute Gasteiger partial charge is 0.493 e. The highest BCUT2D eigenvalue weighted by atomic mass is 16.5. The molecule has 2 rings (SSSR count). The van der Waals surface area contributed by atoms with Gasteiger partial charge in [-0.3, -0.25) is 4.79 Å². The Balaban J connectivity index is 2.07. The summed E-state index contributed by atoms with van der Waals surface area (Å²) in [7, 11) is 7.35. The van der Waals surface area contributed by atoms with Crippen LogP contribution in [-0.2, 0) is 0 Å². The van der Waals surface area contributed by atoms with Crippen LogP contribution in [0.4, 0.5) is 0 Å². The van der Waals surface area contributed by atoms with Crippen molar-refractivity contribution in [3.8, 4) is 11.5 Å². The number of amides is 1. The lowest BCUT2D eigenvalue weighted by molar-refractivity contribution is 0.0663. The molecule has 1 aromatic rings. The predicted octanol–water partition coefficient (Wildman–Crippen LogP) is 1.87. The Morgan fingerprint density at radius 3 is 2.29 bits per heavy atom. The van der Waals surface area contributed by atoms with Crippen LogP contribution in [0.1, 0.15) is 23.2 Å². The Bertz CT molecular complexity index is 494. The fourth-order valence-corrected chi connectivity index (χ4v) is 2.74. The molecule has 5 heteroatoms. The topological polar surface area (TPSA) is 42.0 Å². The van der Waals surface area contributed by atoms with Crippen molar-refractivity contribution in [3.63, 3.8) is 0 Å². The van der Waals surface area contributed by atoms with Crippen molar-refractivity contribution in [2.45, 2.75) is 18.9 Å². The van der Waals surface area contributed by atoms with Gasteiger partial charge in [0.2, 0.25) is 0 Å². The molecule has 1 aliphatic heterocycles. The molecule has 0 radical (unpaired) electrons. The van der Waals surface area contributed by atoms with Gasteiger partial charge in [0.25, 0.3) is 5.91 Å². The molecule has 1 aliphatic rings. The van der Waals surface area contributed by atoms with E-state index in [1.54, 1.807) is 32.4 Å². The minimum atomic E-state index is 0.0631. The fourth-order valence-electron chi connectivity index (χ4n) is 2.74. The third kappa shape index (κ3) is 3.47. The number of nitrogens with zero attached hydrogens (tertiary/aromatic N) is 2. The van der Waals surface area contributed by atoms with E-state index in [9.17, 15) is 4.79 Å². The molecule has 0 unspecified atom stereocenters. The first-order valence-corrected chi connectivity index (χ1v) is 7.24. The Morgan fingerprint density at radius 1 is 1.14 bits per heavy atom. The molecule has 1 heterocycles. The van der Waals surface area contributed by atoms with Crippen LogP contribution in [0.3, 0.4) is 0 Å². The summed E-state index contributed by atoms with van der Waals surface area (Å²) in [6.07, 6.45) is 2.04. The van der Waals surface area contributed by atoms with Crippen molar-refractivity contribution >= 4 is 5.91 Å². The van der Waals surface area contributed by atoms with Gasteiger partial charge >= 0.3 is 0 Å². The Kier molecular flexibility index (Phi) is 5.07. The van der Waals surface area contributed by atoms with E-state index < -0.39 is 0 Å². The molecule has 0 aromatic heterocycles. The quantitative estimate of drug-likeness (QED) is 0.849. The van der Waals surface area contributed by atoms with Crippen LogP contribution in [0.5, 0.6) is 11.5 Å². The second-order valence-electron chi connectivity index (χ2n) is 5.56. The zero-order valence-electron chi connectivity index (χ0n) is 13.3. The van der Waals surface area contributed by atoms with Crippen LogP contribution in [0.15, 0.2) is 18.2 Å². The van der Waals surface area contributed by atoms with Gasteiger partial charge in [-0.15, -0.1) is 0 Å². The monoisotopic (exact) mass is 292 g/mol. The molecular weight excluding hydrogens is 268 g/mol. The summed E-state index contributed by atoms with van der Waals surface area (Å²) in [5.41, 5.74) is 0.649. The highest BCUT2D eigenvalue weighted by molar-refractivity contribution is 5.95. The van der Waals surface area contributed by atoms with E-state index in [1.165, 1.54) is 0 Å². The van der Waals surface area contributed by atoms with Crippen molar-refractivity contribution in [2.75, 3.05) is 41.4 Å². The third-order valence-corrected chi connectivity index (χ3v) is 4.11. The first-order valence-electron chi connectivity index (χ1n) is 7.24. The van der Waals surface area contributed by atoms with E-state index >= 15 is 0 Å². The fraction of sp³-hybridized carbons (Fsp3) is 0.562. The van der Waals surface area contributed by atoms with E-state index in [0.717, 1.165) is 25.9 Å². The summed E-state index contributed by atoms with van der Waals surface area (Å²) in [5.74, 6) is 1.29. The molecule has 1 saturated heterocycles. The molecule has 0 saturated carbocycles. The van der Waals surface area contributed by atoms with E-state index in [-0.39, 0.29) is 5.91 Å². The molecule has 5 nitrogen and oxygen atoms in total. The maximum atomic E-state index is 12.6. The smallest absolute Gasteiger partial charge is 0.253 e. The Hall–Kier alpha value is -1.75. The second kappa shape index (κ2) is 6.80. The minimum Gasteiger partial charge on any atom is -0.493 e. The lowest BCUT2D eigenvalue weighted by Crippen LogP contribution is -2.44. The van der Waals surface area contributed by atoms with Gasteiger partial charge in [-0.1, -0.05) is 0 Å². The molecule has 116 valence electrons. The minimum absolute atomic E-state index is 0.0631. The van der Waals surface area contributed by atoms with Gasteiger partial charge in [0.05, 0.1) is 14.2 Å². The maximum Gasteiger partial charge on any atom is 0.253 e. The molecule has 0 N–H and O–H groups in total. The number of hydrogen-bond acceptors (Lipinski definition) is 4. The summed E-state index contributed by atoms with van der Waals surface area (Å²) in [6.45, 7) is 1.60. The molecule has 0 aliphatic carbocycles. The molecule has 1 amide bonds. The lowest BCUT2D eigenvalue weighted by Gasteiger charge is -2.35. The average Bonchev–Trinajstić information content (AvgIpc) is 2.53. The van der Waals surface area contributed by atoms with Crippen LogP contribution in [0.25, 0.3) is 0 Å². The number of carbonyl (C=O) groups excluding carboxylic acids is 1. The van der Waals surface area contributed by atoms with Crippen molar-refractivity contribution < 1.29 is 14.3 Å². The number of ether oxygens (including phenoxy) is 2. The van der Waals surface area contributed by atoms with E-state index in [1.807, 2.05) is 4.90 Å². The molecule has 1 fully saturated rings. The van der Waals surface area contributed by atoms with Crippen molar-refractivity contribution in [1.82, 2.24) is 9.80 Å². The highest BCUT2D eigenvalue weighted by Gasteiger charge is 2.25. The number of piperidine rings is 1. The van der Waals surface area contributed by atoms with Gasteiger partial charge in [0, 0.05) is 24.7 Å². The van der Waals surface area contributed by atoms with Crippen molar-refractivity contribution in [2.24, 2.45) is 0 Å². The number of hydrogen-bond donors (Lipinski definition) is 0. The highest BCUT2D eigenvalue weighted by Crippen LogP contribution is 2.28. The first kappa shape index (κ1) is 15.6. The zero-order valence-corrected chi connectivity index (χ0v) is 13.3. The van der Waals surface area contributed by atoms with Crippen molar-refractivity contribution in [3.05, 3.63) is 23.8 Å². The number of rotatable bonds is 4. The van der Waals surface area contributed by atoms with Crippen LogP contribution in [0, 0.1) is 0 Å². The zero-order chi connectivity index (χ0) is 15.4. The van der Waals surface area contributed by atoms with Gasteiger partial charge < -0.3 is 19.3 Å². The molecule has 0 atom stereocenters. The van der Waals surface area contributed by atoms with Crippen LogP contribution in [0.2, 0.25) is 0 Å². The van der Waals surface area contributed by atoms with Crippen LogP contribution >= 0.6 is 0 Å². The molecule has 0 spiro atoms. The van der Waals surface area contributed by atoms with E-state index in [4.69, 9.17) is 9.47 Å². The molecule has 21 heavy (non-hydrogen) atoms. The van der Waals surface area contributed by atoms with E-state index in [0.29, 0.717) is 23.1 Å². The third-order valence-electron chi connectivity index (χ3n) is 4.11. The number of likely N-dealkylation sites (tertiary alicyclic amines) is 1. The summed E-state index contributed by atoms with van der Waals surface area (Å²) in [5, 5.41) is 0. The summed E-state index contributed by atoms with van der Waals surface area (Å²) < 4.78 is 10.5. The summed E-state index contributed by atoms with van der Waals surface area (Å²) in [6, 6.07) is 5.89. The second-order valence-corrected chi connectivity index (χ2v) is 5.56. The first-order chi connectivity index (χ1) is 10.1. The van der Waals surface area contributed by atoms with E-state index in [2.05, 4.69) is 19.0 Å². The van der Waals surface area contributed by atoms with Gasteiger partial charge in [-0.05, 0) is 45.1 Å². The van der Waals surface area contributed by atoms with Gasteiger partial charge in [-0.2, -0.15) is 0 Å². The molecule has 0 bridgehead atoms. The van der Waals surface area contributed by atoms with Crippen LogP contribution < -0.4 is 9.47 Å². The normalized spacial score (nSPS) is 16.1. The predicted molar refractivity (Wildman–Crippen MR) is 82.2 cm³/mol. The lowest BCUT2D eigenvalue weighted by atomic mass is 10.0. The SMILES string of the molecule is COc1ccc(C(=O)N2CCC(N(C)C)CC2)cc1OC. The Labute approximate surface area is 126 Å². The van der Waals surface area contributed by atoms with Crippen molar-refractivity contribution in [1.29, 1.82) is 0 Å². The van der Waals surface area contributed by atoms with Gasteiger partial charge in [0.15, 0.2) is 11.5 Å². The standard InChI is InChI=1S/C16H24N2O3/c1-17(2)13-7-9-18(10-8-13)16(19)12-5-6-14(20-3)15(11-12)21-4/h5-6,11,13H,7-10H2,1-4H3. The number of benzene rings is 1. The molecule has 1 aromatic carbocycles. The van der Waals surface area contributed by atoms with Gasteiger partial charge in [0.1, 0.15) is 0 Å². The Morgan fingerprint density at radius 2 is 1.76 bits per heavy atom. The maximum absolute atomic E-state index is 12.6. The van der Waals surface area contributed by atoms with Crippen LogP contribution in [-0.4, -0.2) is 63.2 Å². The number of methoxy groups -OCH3 is 2. The number of carbonyl (C=O) groups is 1.